The fourth-order valence-electron chi connectivity index (χ4n) is 2.51. The molecule has 1 aliphatic rings. The van der Waals surface area contributed by atoms with Crippen LogP contribution < -0.4 is 5.73 Å². The summed E-state index contributed by atoms with van der Waals surface area (Å²) in [5, 5.41) is 0. The Morgan fingerprint density at radius 3 is 2.38 bits per heavy atom. The quantitative estimate of drug-likeness (QED) is 0.872. The summed E-state index contributed by atoms with van der Waals surface area (Å²) in [7, 11) is -3.98. The highest BCUT2D eigenvalue weighted by molar-refractivity contribution is 7.89. The van der Waals surface area contributed by atoms with Gasteiger partial charge in [0.1, 0.15) is 16.4 Å². The van der Waals surface area contributed by atoms with E-state index in [0.717, 1.165) is 31.4 Å². The van der Waals surface area contributed by atoms with Crippen molar-refractivity contribution in [3.63, 3.8) is 0 Å². The van der Waals surface area contributed by atoms with Crippen molar-refractivity contribution in [3.8, 4) is 0 Å². The predicted molar refractivity (Wildman–Crippen MR) is 77.2 cm³/mol. The van der Waals surface area contributed by atoms with Gasteiger partial charge in [-0.15, -0.1) is 0 Å². The summed E-state index contributed by atoms with van der Waals surface area (Å²) in [6.45, 7) is 4.87. The first kappa shape index (κ1) is 16.2. The monoisotopic (exact) mass is 318 g/mol. The van der Waals surface area contributed by atoms with Crippen LogP contribution in [0.3, 0.4) is 0 Å². The average Bonchev–Trinajstić information content (AvgIpc) is 2.45. The molecule has 0 amide bonds. The molecule has 118 valence electrons. The Balaban J connectivity index is 2.30. The van der Waals surface area contributed by atoms with Crippen molar-refractivity contribution >= 4 is 15.7 Å². The highest BCUT2D eigenvalue weighted by Gasteiger charge is 2.36. The molecule has 0 bridgehead atoms. The molecule has 1 aromatic rings. The number of hydrogen-bond donors (Lipinski definition) is 1. The standard InChI is InChI=1S/C14H20F2N2O2S/c1-3-14(2)6-8-18(9-7-14)21(19,20)11-5-4-10(15)13(17)12(11)16/h4-5H,3,6-9,17H2,1-2H3. The number of nitrogen functional groups attached to an aromatic ring is 1. The van der Waals surface area contributed by atoms with Crippen LogP contribution in [0.2, 0.25) is 0 Å². The van der Waals surface area contributed by atoms with Gasteiger partial charge in [0.2, 0.25) is 10.0 Å². The van der Waals surface area contributed by atoms with Crippen LogP contribution in [0.15, 0.2) is 17.0 Å². The van der Waals surface area contributed by atoms with Crippen molar-refractivity contribution in [2.75, 3.05) is 18.8 Å². The highest BCUT2D eigenvalue weighted by Crippen LogP contribution is 2.36. The van der Waals surface area contributed by atoms with Crippen molar-refractivity contribution in [1.82, 2.24) is 4.31 Å². The summed E-state index contributed by atoms with van der Waals surface area (Å²) in [4.78, 5) is -0.554. The molecule has 0 radical (unpaired) electrons. The first-order valence-corrected chi connectivity index (χ1v) is 8.39. The zero-order valence-corrected chi connectivity index (χ0v) is 13.0. The molecule has 0 aromatic heterocycles. The van der Waals surface area contributed by atoms with E-state index in [9.17, 15) is 17.2 Å². The zero-order chi connectivity index (χ0) is 15.8. The molecule has 0 unspecified atom stereocenters. The normalized spacial score (nSPS) is 19.6. The van der Waals surface area contributed by atoms with E-state index < -0.39 is 32.2 Å². The Hall–Kier alpha value is -1.21. The van der Waals surface area contributed by atoms with Gasteiger partial charge in [0.15, 0.2) is 5.82 Å². The van der Waals surface area contributed by atoms with Gasteiger partial charge in [0.25, 0.3) is 0 Å². The van der Waals surface area contributed by atoms with Crippen LogP contribution in [0.5, 0.6) is 0 Å². The minimum Gasteiger partial charge on any atom is -0.394 e. The molecule has 1 fully saturated rings. The molecule has 0 spiro atoms. The Morgan fingerprint density at radius 2 is 1.86 bits per heavy atom. The lowest BCUT2D eigenvalue weighted by molar-refractivity contribution is 0.168. The third-order valence-electron chi connectivity index (χ3n) is 4.49. The van der Waals surface area contributed by atoms with Gasteiger partial charge in [0.05, 0.1) is 0 Å². The van der Waals surface area contributed by atoms with Gasteiger partial charge in [-0.1, -0.05) is 20.3 Å². The Bertz CT molecular complexity index is 639. The van der Waals surface area contributed by atoms with Crippen molar-refractivity contribution in [2.45, 2.75) is 38.0 Å². The summed E-state index contributed by atoms with van der Waals surface area (Å²) in [5.41, 5.74) is 4.60. The van der Waals surface area contributed by atoms with E-state index in [1.165, 1.54) is 4.31 Å². The SMILES string of the molecule is CCC1(C)CCN(S(=O)(=O)c2ccc(F)c(N)c2F)CC1. The third-order valence-corrected chi connectivity index (χ3v) is 6.41. The van der Waals surface area contributed by atoms with Gasteiger partial charge in [-0.25, -0.2) is 17.2 Å². The van der Waals surface area contributed by atoms with E-state index in [2.05, 4.69) is 13.8 Å². The maximum absolute atomic E-state index is 14.0. The lowest BCUT2D eigenvalue weighted by atomic mass is 9.79. The van der Waals surface area contributed by atoms with E-state index in [-0.39, 0.29) is 5.41 Å². The number of anilines is 1. The minimum atomic E-state index is -3.98. The number of nitrogens with zero attached hydrogens (tertiary/aromatic N) is 1. The number of hydrogen-bond acceptors (Lipinski definition) is 3. The molecule has 0 saturated carbocycles. The van der Waals surface area contributed by atoms with Gasteiger partial charge in [-0.2, -0.15) is 4.31 Å². The van der Waals surface area contributed by atoms with Crippen LogP contribution in [-0.4, -0.2) is 25.8 Å². The van der Waals surface area contributed by atoms with E-state index in [0.29, 0.717) is 13.1 Å². The van der Waals surface area contributed by atoms with Gasteiger partial charge in [-0.3, -0.25) is 0 Å². The molecule has 0 aliphatic carbocycles. The third kappa shape index (κ3) is 2.89. The molecule has 2 rings (SSSR count). The summed E-state index contributed by atoms with van der Waals surface area (Å²) in [6.07, 6.45) is 2.42. The second kappa shape index (κ2) is 5.53. The zero-order valence-electron chi connectivity index (χ0n) is 12.2. The van der Waals surface area contributed by atoms with Crippen molar-refractivity contribution in [2.24, 2.45) is 5.41 Å². The Labute approximate surface area is 124 Å². The number of rotatable bonds is 3. The van der Waals surface area contributed by atoms with E-state index >= 15 is 0 Å². The summed E-state index contributed by atoms with van der Waals surface area (Å²) >= 11 is 0. The maximum atomic E-state index is 14.0. The Kier molecular flexibility index (Phi) is 4.26. The van der Waals surface area contributed by atoms with Crippen molar-refractivity contribution in [1.29, 1.82) is 0 Å². The van der Waals surface area contributed by atoms with Crippen LogP contribution in [0.25, 0.3) is 0 Å². The second-order valence-electron chi connectivity index (χ2n) is 5.84. The first-order chi connectivity index (χ1) is 9.71. The van der Waals surface area contributed by atoms with Crippen LogP contribution in [0, 0.1) is 17.0 Å². The van der Waals surface area contributed by atoms with Crippen LogP contribution >= 0.6 is 0 Å². The fraction of sp³-hybridized carbons (Fsp3) is 0.571. The molecule has 4 nitrogen and oxygen atoms in total. The van der Waals surface area contributed by atoms with E-state index in [1.54, 1.807) is 0 Å². The topological polar surface area (TPSA) is 63.4 Å². The van der Waals surface area contributed by atoms with Gasteiger partial charge in [-0.05, 0) is 30.4 Å². The highest BCUT2D eigenvalue weighted by atomic mass is 32.2. The number of benzene rings is 1. The number of nitrogens with two attached hydrogens (primary N) is 1. The smallest absolute Gasteiger partial charge is 0.246 e. The largest absolute Gasteiger partial charge is 0.394 e. The molecule has 1 aliphatic heterocycles. The Morgan fingerprint density at radius 1 is 1.29 bits per heavy atom. The fourth-order valence-corrected chi connectivity index (χ4v) is 4.03. The minimum absolute atomic E-state index is 0.117. The number of piperidine rings is 1. The lowest BCUT2D eigenvalue weighted by Gasteiger charge is -2.38. The van der Waals surface area contributed by atoms with Gasteiger partial charge >= 0.3 is 0 Å². The molecular weight excluding hydrogens is 298 g/mol. The van der Waals surface area contributed by atoms with Crippen LogP contribution in [-0.2, 0) is 10.0 Å². The number of sulfonamides is 1. The summed E-state index contributed by atoms with van der Waals surface area (Å²) in [5.74, 6) is -2.16. The van der Waals surface area contributed by atoms with Gasteiger partial charge in [0, 0.05) is 13.1 Å². The van der Waals surface area contributed by atoms with Crippen LogP contribution in [0.4, 0.5) is 14.5 Å². The van der Waals surface area contributed by atoms with Crippen LogP contribution in [0.1, 0.15) is 33.1 Å². The summed E-state index contributed by atoms with van der Waals surface area (Å²) < 4.78 is 53.3. The summed E-state index contributed by atoms with van der Waals surface area (Å²) in [6, 6.07) is 1.81. The first-order valence-electron chi connectivity index (χ1n) is 6.95. The molecular formula is C14H20F2N2O2S. The molecule has 1 heterocycles. The molecule has 7 heteroatoms. The van der Waals surface area contributed by atoms with Gasteiger partial charge < -0.3 is 5.73 Å². The van der Waals surface area contributed by atoms with Crippen molar-refractivity contribution in [3.05, 3.63) is 23.8 Å². The number of halogens is 2. The lowest BCUT2D eigenvalue weighted by Crippen LogP contribution is -2.42. The van der Waals surface area contributed by atoms with Crippen molar-refractivity contribution < 1.29 is 17.2 Å². The molecule has 21 heavy (non-hydrogen) atoms. The maximum Gasteiger partial charge on any atom is 0.246 e. The average molecular weight is 318 g/mol. The van der Waals surface area contributed by atoms with E-state index in [4.69, 9.17) is 5.73 Å². The molecule has 1 saturated heterocycles. The second-order valence-corrected chi connectivity index (χ2v) is 7.75. The molecule has 1 aromatic carbocycles. The molecule has 2 N–H and O–H groups in total. The van der Waals surface area contributed by atoms with E-state index in [1.807, 2.05) is 0 Å². The molecule has 0 atom stereocenters. The predicted octanol–water partition coefficient (Wildman–Crippen LogP) is 2.75.